The third-order valence-electron chi connectivity index (χ3n) is 5.14. The summed E-state index contributed by atoms with van der Waals surface area (Å²) in [5.41, 5.74) is 7.25. The molecule has 33 heavy (non-hydrogen) atoms. The number of aromatic nitrogens is 4. The van der Waals surface area contributed by atoms with Gasteiger partial charge in [0.2, 0.25) is 15.8 Å². The number of ether oxygens (including phenoxy) is 1. The Kier molecular flexibility index (Phi) is 6.30. The summed E-state index contributed by atoms with van der Waals surface area (Å²) in [7, 11) is -3.85. The van der Waals surface area contributed by atoms with E-state index in [0.29, 0.717) is 0 Å². The van der Waals surface area contributed by atoms with Crippen LogP contribution in [0, 0.1) is 18.8 Å². The monoisotopic (exact) mass is 474 g/mol. The Morgan fingerprint density at radius 1 is 1.21 bits per heavy atom. The van der Waals surface area contributed by atoms with Crippen molar-refractivity contribution in [2.24, 2.45) is 0 Å². The number of aliphatic hydroxyl groups excluding tert-OH is 3. The zero-order valence-corrected chi connectivity index (χ0v) is 18.3. The average molecular weight is 474 g/mol. The van der Waals surface area contributed by atoms with E-state index in [-0.39, 0.29) is 34.2 Å². The molecule has 6 N–H and O–H groups in total. The van der Waals surface area contributed by atoms with Gasteiger partial charge in [0, 0.05) is 6.54 Å². The van der Waals surface area contributed by atoms with E-state index >= 15 is 0 Å². The van der Waals surface area contributed by atoms with Crippen LogP contribution in [-0.2, 0) is 14.8 Å². The van der Waals surface area contributed by atoms with Gasteiger partial charge in [-0.15, -0.1) is 0 Å². The molecule has 0 unspecified atom stereocenters. The fraction of sp³-hybridized carbons (Fsp3) is 0.350. The molecule has 4 rings (SSSR count). The topological polar surface area (TPSA) is 186 Å². The molecular weight excluding hydrogens is 452 g/mol. The number of benzene rings is 1. The molecule has 1 aliphatic rings. The van der Waals surface area contributed by atoms with Crippen molar-refractivity contribution in [3.05, 3.63) is 42.0 Å². The van der Waals surface area contributed by atoms with Gasteiger partial charge in [-0.1, -0.05) is 23.6 Å². The molecule has 1 saturated heterocycles. The summed E-state index contributed by atoms with van der Waals surface area (Å²) in [6.45, 7) is 1.17. The summed E-state index contributed by atoms with van der Waals surface area (Å²) in [5, 5.41) is 29.9. The third-order valence-corrected chi connectivity index (χ3v) is 6.58. The minimum Gasteiger partial charge on any atom is -0.387 e. The number of nitrogens with one attached hydrogen (secondary N) is 1. The smallest absolute Gasteiger partial charge is 0.240 e. The van der Waals surface area contributed by atoms with E-state index in [9.17, 15) is 18.6 Å². The lowest BCUT2D eigenvalue weighted by Crippen LogP contribution is -2.39. The zero-order chi connectivity index (χ0) is 23.8. The average Bonchev–Trinajstić information content (AvgIpc) is 3.33. The van der Waals surface area contributed by atoms with Crippen molar-refractivity contribution >= 4 is 27.0 Å². The lowest BCUT2D eigenvalue weighted by molar-refractivity contribution is -0.0330. The Labute approximate surface area is 189 Å². The van der Waals surface area contributed by atoms with Crippen molar-refractivity contribution in [3.8, 4) is 11.8 Å². The predicted octanol–water partition coefficient (Wildman–Crippen LogP) is -1.34. The van der Waals surface area contributed by atoms with Crippen LogP contribution in [0.2, 0.25) is 0 Å². The fourth-order valence-corrected chi connectivity index (χ4v) is 4.46. The van der Waals surface area contributed by atoms with Gasteiger partial charge in [0.05, 0.1) is 11.2 Å². The molecule has 0 saturated carbocycles. The van der Waals surface area contributed by atoms with E-state index in [1.165, 1.54) is 23.0 Å². The second-order valence-corrected chi connectivity index (χ2v) is 9.19. The van der Waals surface area contributed by atoms with Gasteiger partial charge in [-0.3, -0.25) is 4.57 Å². The van der Waals surface area contributed by atoms with Crippen LogP contribution in [0.4, 0.5) is 5.82 Å². The van der Waals surface area contributed by atoms with Crippen molar-refractivity contribution in [2.75, 3.05) is 18.9 Å². The van der Waals surface area contributed by atoms with Crippen molar-refractivity contribution in [3.63, 3.8) is 0 Å². The van der Waals surface area contributed by atoms with Gasteiger partial charge in [0.25, 0.3) is 0 Å². The highest BCUT2D eigenvalue weighted by molar-refractivity contribution is 7.89. The van der Waals surface area contributed by atoms with Crippen LogP contribution in [0.3, 0.4) is 0 Å². The number of nitrogens with two attached hydrogens (primary N) is 1. The van der Waals surface area contributed by atoms with Gasteiger partial charge < -0.3 is 25.8 Å². The van der Waals surface area contributed by atoms with E-state index in [1.807, 2.05) is 6.92 Å². The molecule has 1 aromatic carbocycles. The molecule has 3 aromatic rings. The molecule has 0 aliphatic carbocycles. The number of nitrogen functional groups attached to an aromatic ring is 1. The first kappa shape index (κ1) is 23.1. The van der Waals surface area contributed by atoms with Crippen LogP contribution in [0.5, 0.6) is 0 Å². The molecule has 0 radical (unpaired) electrons. The molecule has 2 aromatic heterocycles. The number of rotatable bonds is 5. The van der Waals surface area contributed by atoms with E-state index in [4.69, 9.17) is 15.6 Å². The molecule has 12 nitrogen and oxygen atoms in total. The molecule has 3 heterocycles. The Hall–Kier alpha value is -3.12. The maximum absolute atomic E-state index is 12.5. The molecule has 1 aliphatic heterocycles. The second-order valence-electron chi connectivity index (χ2n) is 7.43. The van der Waals surface area contributed by atoms with Crippen LogP contribution >= 0.6 is 0 Å². The Morgan fingerprint density at radius 3 is 2.64 bits per heavy atom. The van der Waals surface area contributed by atoms with Crippen LogP contribution in [0.25, 0.3) is 11.2 Å². The number of aryl methyl sites for hydroxylation is 1. The Balaban J connectivity index is 1.56. The highest BCUT2D eigenvalue weighted by Gasteiger charge is 2.44. The molecule has 0 spiro atoms. The predicted molar refractivity (Wildman–Crippen MR) is 116 cm³/mol. The first-order chi connectivity index (χ1) is 15.7. The normalized spacial score (nSPS) is 22.9. The lowest BCUT2D eigenvalue weighted by atomic mass is 10.1. The van der Waals surface area contributed by atoms with Crippen LogP contribution in [0.1, 0.15) is 17.6 Å². The van der Waals surface area contributed by atoms with Gasteiger partial charge in [-0.05, 0) is 25.0 Å². The summed E-state index contributed by atoms with van der Waals surface area (Å²) in [6.07, 6.45) is -3.64. The summed E-state index contributed by atoms with van der Waals surface area (Å²) in [4.78, 5) is 12.4. The third kappa shape index (κ3) is 4.53. The molecule has 13 heteroatoms. The van der Waals surface area contributed by atoms with Gasteiger partial charge >= 0.3 is 0 Å². The van der Waals surface area contributed by atoms with E-state index in [0.717, 1.165) is 5.56 Å². The van der Waals surface area contributed by atoms with Crippen LogP contribution in [0.15, 0.2) is 35.5 Å². The summed E-state index contributed by atoms with van der Waals surface area (Å²) in [6, 6.07) is 6.29. The highest BCUT2D eigenvalue weighted by Crippen LogP contribution is 2.32. The summed E-state index contributed by atoms with van der Waals surface area (Å²) < 4.78 is 34.6. The van der Waals surface area contributed by atoms with Gasteiger partial charge in [0.1, 0.15) is 30.4 Å². The number of hydrogen-bond acceptors (Lipinski definition) is 10. The molecule has 4 atom stereocenters. The number of hydrogen-bond donors (Lipinski definition) is 5. The number of imidazole rings is 1. The van der Waals surface area contributed by atoms with Crippen LogP contribution in [-0.4, -0.2) is 74.7 Å². The maximum Gasteiger partial charge on any atom is 0.240 e. The van der Waals surface area contributed by atoms with Gasteiger partial charge in [-0.25, -0.2) is 28.1 Å². The molecule has 0 bridgehead atoms. The number of anilines is 1. The van der Waals surface area contributed by atoms with E-state index < -0.39 is 41.2 Å². The highest BCUT2D eigenvalue weighted by atomic mass is 32.2. The lowest BCUT2D eigenvalue weighted by Gasteiger charge is -2.16. The van der Waals surface area contributed by atoms with Crippen molar-refractivity contribution in [2.45, 2.75) is 36.4 Å². The van der Waals surface area contributed by atoms with Crippen molar-refractivity contribution in [1.82, 2.24) is 24.2 Å². The largest absolute Gasteiger partial charge is 0.387 e. The zero-order valence-electron chi connectivity index (χ0n) is 17.5. The van der Waals surface area contributed by atoms with Crippen molar-refractivity contribution in [1.29, 1.82) is 0 Å². The fourth-order valence-electron chi connectivity index (χ4n) is 3.42. The van der Waals surface area contributed by atoms with Gasteiger partial charge in [-0.2, -0.15) is 0 Å². The quantitative estimate of drug-likeness (QED) is 0.277. The van der Waals surface area contributed by atoms with E-state index in [2.05, 4.69) is 31.5 Å². The SMILES string of the molecule is Cc1ccc(S(=O)(=O)NC[C@H]2O[C@@H](n3cnc4c(N)nc(C#CCO)nc43)[C@H](O)[C@@H]2O)cc1. The van der Waals surface area contributed by atoms with E-state index in [1.54, 1.807) is 12.1 Å². The first-order valence-corrected chi connectivity index (χ1v) is 11.4. The number of nitrogens with zero attached hydrogens (tertiary/aromatic N) is 4. The summed E-state index contributed by atoms with van der Waals surface area (Å²) >= 11 is 0. The standard InChI is InChI=1S/C20H22N6O6S/c1-11-4-6-12(7-5-11)33(30,31)23-9-13-16(28)17(29)20(32-13)26-10-22-15-18(21)24-14(3-2-8-27)25-19(15)26/h4-7,10,13,16-17,20,23,27-29H,8-9H2,1H3,(H2,21,24,25)/t13-,16-,17-,20-/m1/s1. The summed E-state index contributed by atoms with van der Waals surface area (Å²) in [5.74, 6) is 5.04. The first-order valence-electron chi connectivity index (χ1n) is 9.89. The number of sulfonamides is 1. The number of fused-ring (bicyclic) bond motifs is 1. The van der Waals surface area contributed by atoms with Gasteiger partial charge in [0.15, 0.2) is 17.7 Å². The maximum atomic E-state index is 12.5. The molecule has 1 fully saturated rings. The Morgan fingerprint density at radius 2 is 1.94 bits per heavy atom. The van der Waals surface area contributed by atoms with Crippen LogP contribution < -0.4 is 10.5 Å². The molecular formula is C20H22N6O6S. The second kappa shape index (κ2) is 9.02. The van der Waals surface area contributed by atoms with Crippen molar-refractivity contribution < 1.29 is 28.5 Å². The minimum absolute atomic E-state index is 0.0336. The Bertz CT molecular complexity index is 1330. The number of aliphatic hydroxyl groups is 3. The molecule has 174 valence electrons. The minimum atomic E-state index is -3.85. The molecule has 0 amide bonds.